The van der Waals surface area contributed by atoms with Gasteiger partial charge < -0.3 is 11.1 Å². The highest BCUT2D eigenvalue weighted by molar-refractivity contribution is 7.09. The smallest absolute Gasteiger partial charge is 0.132 e. The number of nitrogens with one attached hydrogen (secondary N) is 1. The van der Waals surface area contributed by atoms with E-state index in [0.29, 0.717) is 5.82 Å². The second-order valence-electron chi connectivity index (χ2n) is 3.38. The second kappa shape index (κ2) is 4.94. The van der Waals surface area contributed by atoms with Gasteiger partial charge in [-0.25, -0.2) is 9.97 Å². The molecule has 0 unspecified atom stereocenters. The fraction of sp³-hybridized carbons (Fsp3) is 0.273. The first-order valence-electron chi connectivity index (χ1n) is 5.17. The first kappa shape index (κ1) is 10.9. The molecule has 0 spiro atoms. The van der Waals surface area contributed by atoms with E-state index in [2.05, 4.69) is 26.7 Å². The molecular formula is C11H14N4S. The van der Waals surface area contributed by atoms with E-state index in [1.807, 2.05) is 13.0 Å². The van der Waals surface area contributed by atoms with E-state index < -0.39 is 0 Å². The van der Waals surface area contributed by atoms with Gasteiger partial charge in [0, 0.05) is 17.4 Å². The summed E-state index contributed by atoms with van der Waals surface area (Å²) in [5.74, 6) is 2.08. The molecule has 2 rings (SSSR count). The van der Waals surface area contributed by atoms with Crippen LogP contribution in [0.25, 0.3) is 0 Å². The zero-order valence-corrected chi connectivity index (χ0v) is 9.92. The third kappa shape index (κ3) is 2.70. The zero-order chi connectivity index (χ0) is 11.4. The van der Waals surface area contributed by atoms with Crippen LogP contribution in [0.1, 0.15) is 17.6 Å². The van der Waals surface area contributed by atoms with Gasteiger partial charge in [0.1, 0.15) is 17.5 Å². The van der Waals surface area contributed by atoms with Gasteiger partial charge in [0.2, 0.25) is 0 Å². The van der Waals surface area contributed by atoms with Crippen LogP contribution in [-0.2, 0) is 13.0 Å². The Balaban J connectivity index is 2.06. The largest absolute Gasteiger partial charge is 0.384 e. The lowest BCUT2D eigenvalue weighted by Gasteiger charge is -2.06. The third-order valence-electron chi connectivity index (χ3n) is 2.13. The SMILES string of the molecule is CCc1nc(N)cc(NCc2cccs2)n1. The number of anilines is 2. The fourth-order valence-corrected chi connectivity index (χ4v) is 2.00. The topological polar surface area (TPSA) is 63.8 Å². The summed E-state index contributed by atoms with van der Waals surface area (Å²) in [5.41, 5.74) is 5.70. The molecule has 0 aliphatic carbocycles. The maximum absolute atomic E-state index is 5.70. The van der Waals surface area contributed by atoms with Crippen molar-refractivity contribution < 1.29 is 0 Å². The lowest BCUT2D eigenvalue weighted by molar-refractivity contribution is 0.939. The van der Waals surface area contributed by atoms with E-state index in [9.17, 15) is 0 Å². The van der Waals surface area contributed by atoms with Crippen molar-refractivity contribution in [2.45, 2.75) is 19.9 Å². The van der Waals surface area contributed by atoms with Crippen LogP contribution in [-0.4, -0.2) is 9.97 Å². The Bertz CT molecular complexity index is 453. The van der Waals surface area contributed by atoms with Crippen molar-refractivity contribution in [2.24, 2.45) is 0 Å². The molecule has 4 nitrogen and oxygen atoms in total. The minimum Gasteiger partial charge on any atom is -0.384 e. The lowest BCUT2D eigenvalue weighted by atomic mass is 10.4. The molecule has 84 valence electrons. The van der Waals surface area contributed by atoms with Gasteiger partial charge >= 0.3 is 0 Å². The molecule has 2 aromatic heterocycles. The molecule has 0 aliphatic heterocycles. The molecule has 2 aromatic rings. The van der Waals surface area contributed by atoms with Crippen molar-refractivity contribution in [1.82, 2.24) is 9.97 Å². The van der Waals surface area contributed by atoms with Crippen LogP contribution >= 0.6 is 11.3 Å². The van der Waals surface area contributed by atoms with Gasteiger partial charge in [0.05, 0.1) is 6.54 Å². The summed E-state index contributed by atoms with van der Waals surface area (Å²) < 4.78 is 0. The van der Waals surface area contributed by atoms with Crippen molar-refractivity contribution >= 4 is 23.0 Å². The van der Waals surface area contributed by atoms with Gasteiger partial charge in [-0.3, -0.25) is 0 Å². The van der Waals surface area contributed by atoms with Crippen molar-refractivity contribution in [3.05, 3.63) is 34.3 Å². The highest BCUT2D eigenvalue weighted by atomic mass is 32.1. The Kier molecular flexibility index (Phi) is 3.36. The van der Waals surface area contributed by atoms with Crippen molar-refractivity contribution in [1.29, 1.82) is 0 Å². The van der Waals surface area contributed by atoms with E-state index >= 15 is 0 Å². The summed E-state index contributed by atoms with van der Waals surface area (Å²) in [6.07, 6.45) is 0.790. The van der Waals surface area contributed by atoms with Crippen LogP contribution in [0, 0.1) is 0 Å². The molecule has 0 aliphatic rings. The minimum atomic E-state index is 0.514. The monoisotopic (exact) mass is 234 g/mol. The second-order valence-corrected chi connectivity index (χ2v) is 4.41. The summed E-state index contributed by atoms with van der Waals surface area (Å²) in [4.78, 5) is 9.75. The maximum Gasteiger partial charge on any atom is 0.132 e. The molecule has 5 heteroatoms. The van der Waals surface area contributed by atoms with Gasteiger partial charge in [-0.15, -0.1) is 11.3 Å². The molecule has 0 saturated carbocycles. The third-order valence-corrected chi connectivity index (χ3v) is 3.01. The minimum absolute atomic E-state index is 0.514. The van der Waals surface area contributed by atoms with E-state index in [1.54, 1.807) is 17.4 Å². The van der Waals surface area contributed by atoms with Gasteiger partial charge in [-0.1, -0.05) is 13.0 Å². The maximum atomic E-state index is 5.70. The number of rotatable bonds is 4. The summed E-state index contributed by atoms with van der Waals surface area (Å²) in [7, 11) is 0. The van der Waals surface area contributed by atoms with Crippen LogP contribution in [0.3, 0.4) is 0 Å². The normalized spacial score (nSPS) is 10.3. The molecule has 0 aromatic carbocycles. The summed E-state index contributed by atoms with van der Waals surface area (Å²) >= 11 is 1.72. The quantitative estimate of drug-likeness (QED) is 0.852. The van der Waals surface area contributed by atoms with Crippen molar-refractivity contribution in [2.75, 3.05) is 11.1 Å². The number of aromatic nitrogens is 2. The number of aryl methyl sites for hydroxylation is 1. The number of nitrogens with zero attached hydrogens (tertiary/aromatic N) is 2. The van der Waals surface area contributed by atoms with Gasteiger partial charge in [0.15, 0.2) is 0 Å². The van der Waals surface area contributed by atoms with Crippen LogP contribution in [0.5, 0.6) is 0 Å². The predicted molar refractivity (Wildman–Crippen MR) is 67.5 cm³/mol. The van der Waals surface area contributed by atoms with E-state index in [0.717, 1.165) is 24.6 Å². The molecule has 0 bridgehead atoms. The number of hydrogen-bond donors (Lipinski definition) is 2. The van der Waals surface area contributed by atoms with Crippen LogP contribution in [0.4, 0.5) is 11.6 Å². The first-order valence-corrected chi connectivity index (χ1v) is 6.05. The lowest BCUT2D eigenvalue weighted by Crippen LogP contribution is -2.05. The van der Waals surface area contributed by atoms with Crippen molar-refractivity contribution in [3.8, 4) is 0 Å². The highest BCUT2D eigenvalue weighted by Gasteiger charge is 2.01. The molecule has 2 heterocycles. The van der Waals surface area contributed by atoms with Crippen molar-refractivity contribution in [3.63, 3.8) is 0 Å². The number of nitrogens with two attached hydrogens (primary N) is 1. The van der Waals surface area contributed by atoms with E-state index in [1.165, 1.54) is 4.88 Å². The molecule has 0 amide bonds. The van der Waals surface area contributed by atoms with E-state index in [4.69, 9.17) is 5.73 Å². The van der Waals surface area contributed by atoms with Crippen LogP contribution < -0.4 is 11.1 Å². The first-order chi connectivity index (χ1) is 7.78. The zero-order valence-electron chi connectivity index (χ0n) is 9.10. The molecule has 0 fully saturated rings. The number of hydrogen-bond acceptors (Lipinski definition) is 5. The Hall–Kier alpha value is -1.62. The molecule has 0 atom stereocenters. The standard InChI is InChI=1S/C11H14N4S/c1-2-10-14-9(12)6-11(15-10)13-7-8-4-3-5-16-8/h3-6H,2,7H2,1H3,(H3,12,13,14,15). The summed E-state index contributed by atoms with van der Waals surface area (Å²) in [6, 6.07) is 5.88. The number of nitrogen functional groups attached to an aromatic ring is 1. The Morgan fingerprint density at radius 3 is 3.00 bits per heavy atom. The van der Waals surface area contributed by atoms with Gasteiger partial charge in [-0.2, -0.15) is 0 Å². The molecule has 16 heavy (non-hydrogen) atoms. The molecule has 3 N–H and O–H groups in total. The van der Waals surface area contributed by atoms with Crippen LogP contribution in [0.15, 0.2) is 23.6 Å². The summed E-state index contributed by atoms with van der Waals surface area (Å²) in [6.45, 7) is 2.79. The fourth-order valence-electron chi connectivity index (χ4n) is 1.36. The van der Waals surface area contributed by atoms with Crippen LogP contribution in [0.2, 0.25) is 0 Å². The highest BCUT2D eigenvalue weighted by Crippen LogP contribution is 2.13. The van der Waals surface area contributed by atoms with Gasteiger partial charge in [0.25, 0.3) is 0 Å². The molecule has 0 saturated heterocycles. The Morgan fingerprint density at radius 1 is 1.44 bits per heavy atom. The number of thiophene rings is 1. The Morgan fingerprint density at radius 2 is 2.31 bits per heavy atom. The summed E-state index contributed by atoms with van der Waals surface area (Å²) in [5, 5.41) is 5.30. The predicted octanol–water partition coefficient (Wildman–Crippen LogP) is 2.29. The van der Waals surface area contributed by atoms with Gasteiger partial charge in [-0.05, 0) is 11.4 Å². The Labute approximate surface area is 98.6 Å². The molecule has 0 radical (unpaired) electrons. The average molecular weight is 234 g/mol. The molecular weight excluding hydrogens is 220 g/mol. The van der Waals surface area contributed by atoms with E-state index in [-0.39, 0.29) is 0 Å². The average Bonchev–Trinajstić information content (AvgIpc) is 2.78.